The maximum absolute atomic E-state index is 5.47. The molecule has 0 unspecified atom stereocenters. The molecule has 1 aliphatic carbocycles. The molecule has 28 heavy (non-hydrogen) atoms. The minimum atomic E-state index is 0.738. The third-order valence-electron chi connectivity index (χ3n) is 5.66. The SMILES string of the molecule is CCCN1CC=C(C2=CCc3ncc(-c4ccc(OC)c(OC)c4)cc32)CC1. The summed E-state index contributed by atoms with van der Waals surface area (Å²) in [7, 11) is 3.33. The summed E-state index contributed by atoms with van der Waals surface area (Å²) >= 11 is 0. The van der Waals surface area contributed by atoms with Gasteiger partial charge in [0.25, 0.3) is 0 Å². The fourth-order valence-electron chi connectivity index (χ4n) is 4.15. The van der Waals surface area contributed by atoms with Crippen molar-refractivity contribution in [3.63, 3.8) is 0 Å². The van der Waals surface area contributed by atoms with E-state index >= 15 is 0 Å². The van der Waals surface area contributed by atoms with Crippen LogP contribution in [0.4, 0.5) is 0 Å². The highest BCUT2D eigenvalue weighted by Crippen LogP contribution is 2.38. The van der Waals surface area contributed by atoms with Crippen LogP contribution in [0.2, 0.25) is 0 Å². The Hall–Kier alpha value is -2.59. The second-order valence-corrected chi connectivity index (χ2v) is 7.39. The van der Waals surface area contributed by atoms with Crippen LogP contribution in [0.1, 0.15) is 31.0 Å². The van der Waals surface area contributed by atoms with Crippen molar-refractivity contribution in [2.24, 2.45) is 0 Å². The van der Waals surface area contributed by atoms with Gasteiger partial charge in [-0.25, -0.2) is 0 Å². The molecule has 2 aromatic rings. The molecular formula is C24H28N2O2. The zero-order valence-corrected chi connectivity index (χ0v) is 17.0. The van der Waals surface area contributed by atoms with Crippen LogP contribution in [0, 0.1) is 0 Å². The van der Waals surface area contributed by atoms with Gasteiger partial charge in [-0.2, -0.15) is 0 Å². The molecule has 0 atom stereocenters. The number of pyridine rings is 1. The molecule has 0 bridgehead atoms. The largest absolute Gasteiger partial charge is 0.493 e. The second kappa shape index (κ2) is 8.19. The molecule has 0 radical (unpaired) electrons. The van der Waals surface area contributed by atoms with Gasteiger partial charge < -0.3 is 9.47 Å². The van der Waals surface area contributed by atoms with E-state index in [2.05, 4.69) is 36.1 Å². The van der Waals surface area contributed by atoms with E-state index in [0.717, 1.165) is 48.6 Å². The van der Waals surface area contributed by atoms with Crippen LogP contribution >= 0.6 is 0 Å². The van der Waals surface area contributed by atoms with Crippen LogP contribution in [0.25, 0.3) is 16.7 Å². The number of fused-ring (bicyclic) bond motifs is 1. The topological polar surface area (TPSA) is 34.6 Å². The Morgan fingerprint density at radius 2 is 1.89 bits per heavy atom. The summed E-state index contributed by atoms with van der Waals surface area (Å²) in [6, 6.07) is 8.31. The number of nitrogens with zero attached hydrogens (tertiary/aromatic N) is 2. The van der Waals surface area contributed by atoms with Gasteiger partial charge in [0.1, 0.15) is 0 Å². The number of benzene rings is 1. The fraction of sp³-hybridized carbons (Fsp3) is 0.375. The molecule has 0 N–H and O–H groups in total. The Bertz CT molecular complexity index is 930. The summed E-state index contributed by atoms with van der Waals surface area (Å²) in [6.45, 7) is 5.63. The monoisotopic (exact) mass is 376 g/mol. The van der Waals surface area contributed by atoms with E-state index in [-0.39, 0.29) is 0 Å². The van der Waals surface area contributed by atoms with Gasteiger partial charge in [-0.05, 0) is 54.3 Å². The molecule has 1 aromatic carbocycles. The standard InChI is InChI=1S/C24H28N2O2/c1-4-11-26-12-9-17(10-13-26)20-6-7-22-21(20)14-19(16-25-22)18-5-8-23(27-2)24(15-18)28-3/h5-6,8-9,14-16H,4,7,10-13H2,1-3H3. The Morgan fingerprint density at radius 3 is 2.61 bits per heavy atom. The van der Waals surface area contributed by atoms with Gasteiger partial charge in [0.2, 0.25) is 0 Å². The van der Waals surface area contributed by atoms with Crippen LogP contribution in [0.5, 0.6) is 11.5 Å². The van der Waals surface area contributed by atoms with Crippen molar-refractivity contribution in [2.45, 2.75) is 26.2 Å². The fourth-order valence-corrected chi connectivity index (χ4v) is 4.15. The summed E-state index contributed by atoms with van der Waals surface area (Å²) in [5, 5.41) is 0. The maximum Gasteiger partial charge on any atom is 0.161 e. The molecule has 146 valence electrons. The average Bonchev–Trinajstić information content (AvgIpc) is 3.17. The van der Waals surface area contributed by atoms with E-state index in [1.165, 1.54) is 35.4 Å². The Labute approximate surface area is 167 Å². The molecular weight excluding hydrogens is 348 g/mol. The number of aromatic nitrogens is 1. The minimum Gasteiger partial charge on any atom is -0.493 e. The third-order valence-corrected chi connectivity index (χ3v) is 5.66. The van der Waals surface area contributed by atoms with E-state index < -0.39 is 0 Å². The quantitative estimate of drug-likeness (QED) is 0.729. The third kappa shape index (κ3) is 3.57. The lowest BCUT2D eigenvalue weighted by Gasteiger charge is -2.26. The molecule has 0 saturated heterocycles. The van der Waals surface area contributed by atoms with Gasteiger partial charge >= 0.3 is 0 Å². The number of hydrogen-bond donors (Lipinski definition) is 0. The second-order valence-electron chi connectivity index (χ2n) is 7.39. The van der Waals surface area contributed by atoms with Crippen molar-refractivity contribution in [3.8, 4) is 22.6 Å². The Kier molecular flexibility index (Phi) is 5.49. The van der Waals surface area contributed by atoms with Crippen molar-refractivity contribution >= 4 is 5.57 Å². The highest BCUT2D eigenvalue weighted by Gasteiger charge is 2.22. The van der Waals surface area contributed by atoms with E-state index in [9.17, 15) is 0 Å². The van der Waals surface area contributed by atoms with E-state index in [1.807, 2.05) is 18.3 Å². The lowest BCUT2D eigenvalue weighted by atomic mass is 9.94. The Morgan fingerprint density at radius 1 is 1.04 bits per heavy atom. The minimum absolute atomic E-state index is 0.738. The normalized spacial score (nSPS) is 16.4. The highest BCUT2D eigenvalue weighted by atomic mass is 16.5. The van der Waals surface area contributed by atoms with Crippen LogP contribution in [-0.4, -0.2) is 43.7 Å². The zero-order valence-electron chi connectivity index (χ0n) is 17.0. The van der Waals surface area contributed by atoms with Gasteiger partial charge in [-0.3, -0.25) is 9.88 Å². The summed E-state index contributed by atoms with van der Waals surface area (Å²) in [4.78, 5) is 7.29. The first kappa shape index (κ1) is 18.8. The smallest absolute Gasteiger partial charge is 0.161 e. The number of hydrogen-bond acceptors (Lipinski definition) is 4. The van der Waals surface area contributed by atoms with Crippen molar-refractivity contribution in [2.75, 3.05) is 33.9 Å². The molecule has 2 aliphatic rings. The lowest BCUT2D eigenvalue weighted by molar-refractivity contribution is 0.296. The predicted octanol–water partition coefficient (Wildman–Crippen LogP) is 4.75. The van der Waals surface area contributed by atoms with E-state index in [4.69, 9.17) is 14.5 Å². The van der Waals surface area contributed by atoms with E-state index in [1.54, 1.807) is 14.2 Å². The number of methoxy groups -OCH3 is 2. The Balaban J connectivity index is 1.63. The number of allylic oxidation sites excluding steroid dienone is 2. The number of ether oxygens (including phenoxy) is 2. The molecule has 1 aliphatic heterocycles. The molecule has 4 heteroatoms. The molecule has 0 saturated carbocycles. The first-order chi connectivity index (χ1) is 13.7. The molecule has 2 heterocycles. The van der Waals surface area contributed by atoms with Gasteiger partial charge in [0, 0.05) is 36.8 Å². The molecule has 0 amide bonds. The molecule has 4 nitrogen and oxygen atoms in total. The summed E-state index contributed by atoms with van der Waals surface area (Å²) in [6.07, 6.45) is 9.97. The van der Waals surface area contributed by atoms with Crippen molar-refractivity contribution in [1.82, 2.24) is 9.88 Å². The van der Waals surface area contributed by atoms with Crippen molar-refractivity contribution < 1.29 is 9.47 Å². The first-order valence-electron chi connectivity index (χ1n) is 10.1. The highest BCUT2D eigenvalue weighted by molar-refractivity contribution is 5.85. The molecule has 0 fully saturated rings. The summed E-state index contributed by atoms with van der Waals surface area (Å²) in [5.41, 5.74) is 7.50. The number of rotatable bonds is 6. The summed E-state index contributed by atoms with van der Waals surface area (Å²) in [5.74, 6) is 1.48. The van der Waals surface area contributed by atoms with Crippen LogP contribution in [0.15, 0.2) is 48.2 Å². The van der Waals surface area contributed by atoms with Crippen LogP contribution < -0.4 is 9.47 Å². The lowest BCUT2D eigenvalue weighted by Crippen LogP contribution is -2.29. The average molecular weight is 377 g/mol. The van der Waals surface area contributed by atoms with Crippen molar-refractivity contribution in [1.29, 1.82) is 0 Å². The zero-order chi connectivity index (χ0) is 19.5. The first-order valence-corrected chi connectivity index (χ1v) is 10.1. The molecule has 4 rings (SSSR count). The van der Waals surface area contributed by atoms with E-state index in [0.29, 0.717) is 0 Å². The molecule has 1 aromatic heterocycles. The van der Waals surface area contributed by atoms with Gasteiger partial charge in [-0.1, -0.05) is 25.1 Å². The van der Waals surface area contributed by atoms with Gasteiger partial charge in [0.05, 0.1) is 19.9 Å². The van der Waals surface area contributed by atoms with Gasteiger partial charge in [-0.15, -0.1) is 0 Å². The molecule has 0 spiro atoms. The van der Waals surface area contributed by atoms with Crippen LogP contribution in [0.3, 0.4) is 0 Å². The van der Waals surface area contributed by atoms with Crippen molar-refractivity contribution in [3.05, 3.63) is 59.4 Å². The van der Waals surface area contributed by atoms with Gasteiger partial charge in [0.15, 0.2) is 11.5 Å². The summed E-state index contributed by atoms with van der Waals surface area (Å²) < 4.78 is 10.8. The maximum atomic E-state index is 5.47. The predicted molar refractivity (Wildman–Crippen MR) is 114 cm³/mol. The van der Waals surface area contributed by atoms with Crippen LogP contribution in [-0.2, 0) is 6.42 Å².